The number of aryl methyl sites for hydroxylation is 1. The van der Waals surface area contributed by atoms with Crippen molar-refractivity contribution in [3.8, 4) is 6.07 Å². The first-order valence-electron chi connectivity index (χ1n) is 8.10. The van der Waals surface area contributed by atoms with Crippen molar-refractivity contribution in [1.82, 2.24) is 9.88 Å². The second-order valence-electron chi connectivity index (χ2n) is 5.96. The Morgan fingerprint density at radius 1 is 1.33 bits per heavy atom. The molecule has 1 unspecified atom stereocenters. The average molecular weight is 317 g/mol. The van der Waals surface area contributed by atoms with E-state index in [9.17, 15) is 4.79 Å². The Morgan fingerprint density at radius 2 is 2.17 bits per heavy atom. The molecule has 1 saturated heterocycles. The molecule has 0 saturated carbocycles. The van der Waals surface area contributed by atoms with Gasteiger partial charge in [-0.2, -0.15) is 5.26 Å². The zero-order valence-corrected chi connectivity index (χ0v) is 13.6. The molecule has 0 radical (unpaired) electrons. The first kappa shape index (κ1) is 15.9. The molecule has 1 amide bonds. The molecule has 1 atom stereocenters. The molecular formula is C20H19N3O. The van der Waals surface area contributed by atoms with Crippen molar-refractivity contribution in [3.05, 3.63) is 71.1 Å². The molecule has 1 aliphatic heterocycles. The van der Waals surface area contributed by atoms with Gasteiger partial charge in [0.05, 0.1) is 23.4 Å². The Labute approximate surface area is 142 Å². The van der Waals surface area contributed by atoms with Crippen molar-refractivity contribution in [2.45, 2.75) is 25.8 Å². The summed E-state index contributed by atoms with van der Waals surface area (Å²) in [4.78, 5) is 19.0. The van der Waals surface area contributed by atoms with Crippen molar-refractivity contribution in [2.75, 3.05) is 6.54 Å². The number of rotatable bonds is 3. The van der Waals surface area contributed by atoms with Crippen LogP contribution in [-0.2, 0) is 4.79 Å². The summed E-state index contributed by atoms with van der Waals surface area (Å²) in [6.07, 6.45) is 5.29. The predicted octanol–water partition coefficient (Wildman–Crippen LogP) is 3.64. The van der Waals surface area contributed by atoms with Gasteiger partial charge >= 0.3 is 0 Å². The number of nitrogens with zero attached hydrogens (tertiary/aromatic N) is 3. The third-order valence-corrected chi connectivity index (χ3v) is 4.22. The quantitative estimate of drug-likeness (QED) is 0.812. The molecule has 3 rings (SSSR count). The van der Waals surface area contributed by atoms with Gasteiger partial charge in [-0.25, -0.2) is 0 Å². The van der Waals surface area contributed by atoms with Crippen molar-refractivity contribution < 1.29 is 4.79 Å². The smallest absolute Gasteiger partial charge is 0.247 e. The van der Waals surface area contributed by atoms with Crippen LogP contribution < -0.4 is 0 Å². The molecule has 2 heterocycles. The number of hydrogen-bond acceptors (Lipinski definition) is 3. The van der Waals surface area contributed by atoms with Gasteiger partial charge in [0.1, 0.15) is 0 Å². The van der Waals surface area contributed by atoms with Crippen LogP contribution in [0.15, 0.2) is 48.5 Å². The first-order valence-corrected chi connectivity index (χ1v) is 8.10. The molecule has 4 nitrogen and oxygen atoms in total. The minimum absolute atomic E-state index is 0.0110. The van der Waals surface area contributed by atoms with Gasteiger partial charge in [0.15, 0.2) is 0 Å². The van der Waals surface area contributed by atoms with Crippen LogP contribution in [0.1, 0.15) is 41.4 Å². The van der Waals surface area contributed by atoms with Crippen LogP contribution in [0.4, 0.5) is 0 Å². The molecule has 0 bridgehead atoms. The summed E-state index contributed by atoms with van der Waals surface area (Å²) >= 11 is 0. The van der Waals surface area contributed by atoms with Gasteiger partial charge in [-0.1, -0.05) is 18.2 Å². The van der Waals surface area contributed by atoms with E-state index < -0.39 is 0 Å². The number of likely N-dealkylation sites (tertiary alicyclic amines) is 1. The van der Waals surface area contributed by atoms with Crippen LogP contribution in [0.5, 0.6) is 0 Å². The van der Waals surface area contributed by atoms with E-state index >= 15 is 0 Å². The van der Waals surface area contributed by atoms with Crippen LogP contribution in [-0.4, -0.2) is 22.3 Å². The SMILES string of the molecule is Cc1cccc(C2CCCN2C(=O)/C=C/c2cccc(C#N)c2)n1. The van der Waals surface area contributed by atoms with Gasteiger partial charge in [0.25, 0.3) is 0 Å². The largest absolute Gasteiger partial charge is 0.331 e. The van der Waals surface area contributed by atoms with Crippen LogP contribution in [0.2, 0.25) is 0 Å². The molecule has 2 aromatic rings. The summed E-state index contributed by atoms with van der Waals surface area (Å²) in [5.74, 6) is -0.0110. The molecule has 1 fully saturated rings. The number of pyridine rings is 1. The number of benzene rings is 1. The zero-order chi connectivity index (χ0) is 16.9. The predicted molar refractivity (Wildman–Crippen MR) is 92.9 cm³/mol. The maximum Gasteiger partial charge on any atom is 0.247 e. The fraction of sp³-hybridized carbons (Fsp3) is 0.250. The maximum atomic E-state index is 12.6. The topological polar surface area (TPSA) is 57.0 Å². The van der Waals surface area contributed by atoms with E-state index in [0.29, 0.717) is 5.56 Å². The molecule has 4 heteroatoms. The number of aromatic nitrogens is 1. The lowest BCUT2D eigenvalue weighted by Gasteiger charge is -2.23. The zero-order valence-electron chi connectivity index (χ0n) is 13.6. The van der Waals surface area contributed by atoms with Gasteiger partial charge in [-0.15, -0.1) is 0 Å². The third-order valence-electron chi connectivity index (χ3n) is 4.22. The van der Waals surface area contributed by atoms with Crippen LogP contribution in [0.3, 0.4) is 0 Å². The summed E-state index contributed by atoms with van der Waals surface area (Å²) in [6, 6.07) is 15.3. The summed E-state index contributed by atoms with van der Waals surface area (Å²) in [5, 5.41) is 8.94. The number of carbonyl (C=O) groups excluding carboxylic acids is 1. The number of hydrogen-bond donors (Lipinski definition) is 0. The lowest BCUT2D eigenvalue weighted by atomic mass is 10.1. The van der Waals surface area contributed by atoms with Crippen molar-refractivity contribution >= 4 is 12.0 Å². The standard InChI is InChI=1S/C20H19N3O/c1-15-5-2-8-18(22-15)19-9-4-12-23(19)20(24)11-10-16-6-3-7-17(13-16)14-21/h2-3,5-8,10-11,13,19H,4,9,12H2,1H3/b11-10+. The van der Waals surface area contributed by atoms with Gasteiger partial charge in [-0.3, -0.25) is 9.78 Å². The van der Waals surface area contributed by atoms with Crippen molar-refractivity contribution in [1.29, 1.82) is 5.26 Å². The first-order chi connectivity index (χ1) is 11.7. The molecule has 0 spiro atoms. The van der Waals surface area contributed by atoms with Gasteiger partial charge in [0.2, 0.25) is 5.91 Å². The summed E-state index contributed by atoms with van der Waals surface area (Å²) in [6.45, 7) is 2.72. The fourth-order valence-corrected chi connectivity index (χ4v) is 3.06. The minimum atomic E-state index is -0.0110. The maximum absolute atomic E-state index is 12.6. The second-order valence-corrected chi connectivity index (χ2v) is 5.96. The van der Waals surface area contributed by atoms with Gasteiger partial charge in [-0.05, 0) is 55.7 Å². The van der Waals surface area contributed by atoms with E-state index in [0.717, 1.165) is 36.3 Å². The summed E-state index contributed by atoms with van der Waals surface area (Å²) < 4.78 is 0. The van der Waals surface area contributed by atoms with Crippen LogP contribution >= 0.6 is 0 Å². The highest BCUT2D eigenvalue weighted by molar-refractivity contribution is 5.92. The highest BCUT2D eigenvalue weighted by Gasteiger charge is 2.29. The van der Waals surface area contributed by atoms with E-state index in [1.807, 2.05) is 42.2 Å². The number of carbonyl (C=O) groups is 1. The molecular weight excluding hydrogens is 298 g/mol. The summed E-state index contributed by atoms with van der Waals surface area (Å²) in [7, 11) is 0. The van der Waals surface area contributed by atoms with E-state index in [1.165, 1.54) is 0 Å². The minimum Gasteiger partial charge on any atom is -0.331 e. The Hall–Kier alpha value is -2.93. The lowest BCUT2D eigenvalue weighted by molar-refractivity contribution is -0.126. The molecule has 120 valence electrons. The normalized spacial score (nSPS) is 17.2. The number of amides is 1. The Bertz CT molecular complexity index is 820. The molecule has 1 aromatic heterocycles. The van der Waals surface area contributed by atoms with E-state index in [-0.39, 0.29) is 11.9 Å². The van der Waals surface area contributed by atoms with Crippen LogP contribution in [0, 0.1) is 18.3 Å². The lowest BCUT2D eigenvalue weighted by Crippen LogP contribution is -2.29. The van der Waals surface area contributed by atoms with Crippen molar-refractivity contribution in [3.63, 3.8) is 0 Å². The summed E-state index contributed by atoms with van der Waals surface area (Å²) in [5.41, 5.74) is 3.37. The Kier molecular flexibility index (Phi) is 4.72. The molecule has 0 aliphatic carbocycles. The second kappa shape index (κ2) is 7.10. The fourth-order valence-electron chi connectivity index (χ4n) is 3.06. The Balaban J connectivity index is 1.76. The monoisotopic (exact) mass is 317 g/mol. The van der Waals surface area contributed by atoms with E-state index in [1.54, 1.807) is 24.3 Å². The number of nitriles is 1. The average Bonchev–Trinajstić information content (AvgIpc) is 3.10. The van der Waals surface area contributed by atoms with Gasteiger partial charge in [0, 0.05) is 18.3 Å². The molecule has 0 N–H and O–H groups in total. The van der Waals surface area contributed by atoms with Gasteiger partial charge < -0.3 is 4.90 Å². The molecule has 1 aromatic carbocycles. The molecule has 24 heavy (non-hydrogen) atoms. The van der Waals surface area contributed by atoms with Crippen molar-refractivity contribution in [2.24, 2.45) is 0 Å². The Morgan fingerprint density at radius 3 is 2.96 bits per heavy atom. The van der Waals surface area contributed by atoms with E-state index in [4.69, 9.17) is 5.26 Å². The molecule has 1 aliphatic rings. The third kappa shape index (κ3) is 3.52. The van der Waals surface area contributed by atoms with E-state index in [2.05, 4.69) is 11.1 Å². The highest BCUT2D eigenvalue weighted by atomic mass is 16.2. The highest BCUT2D eigenvalue weighted by Crippen LogP contribution is 2.31. The van der Waals surface area contributed by atoms with Crippen LogP contribution in [0.25, 0.3) is 6.08 Å².